The lowest BCUT2D eigenvalue weighted by molar-refractivity contribution is 0.0963. The van der Waals surface area contributed by atoms with Crippen molar-refractivity contribution in [1.82, 2.24) is 24.6 Å². The third kappa shape index (κ3) is 2.76. The molecule has 1 aromatic carbocycles. The van der Waals surface area contributed by atoms with Crippen LogP contribution in [0.4, 0.5) is 0 Å². The first-order chi connectivity index (χ1) is 13.0. The van der Waals surface area contributed by atoms with Crippen LogP contribution in [0.3, 0.4) is 0 Å². The van der Waals surface area contributed by atoms with Crippen LogP contribution in [0.15, 0.2) is 35.3 Å². The molecule has 0 aliphatic rings. The van der Waals surface area contributed by atoms with E-state index in [4.69, 9.17) is 4.74 Å². The van der Waals surface area contributed by atoms with E-state index in [-0.39, 0.29) is 11.5 Å². The molecule has 1 N–H and O–H groups in total. The molecule has 27 heavy (non-hydrogen) atoms. The number of amides is 1. The summed E-state index contributed by atoms with van der Waals surface area (Å²) in [5, 5.41) is 7.95. The van der Waals surface area contributed by atoms with E-state index in [0.717, 1.165) is 16.0 Å². The Labute approximate surface area is 158 Å². The molecule has 4 rings (SSSR count). The smallest absolute Gasteiger partial charge is 0.291 e. The van der Waals surface area contributed by atoms with Gasteiger partial charge in [0.25, 0.3) is 11.5 Å². The van der Waals surface area contributed by atoms with Gasteiger partial charge in [-0.2, -0.15) is 5.10 Å². The van der Waals surface area contributed by atoms with E-state index in [1.165, 1.54) is 16.0 Å². The number of ether oxygens (including phenoxy) is 1. The number of rotatable bonds is 4. The molecule has 0 atom stereocenters. The van der Waals surface area contributed by atoms with Crippen LogP contribution in [-0.4, -0.2) is 39.4 Å². The van der Waals surface area contributed by atoms with Crippen molar-refractivity contribution in [2.24, 2.45) is 7.05 Å². The maximum absolute atomic E-state index is 13.0. The number of hydrogen-bond donors (Lipinski definition) is 1. The lowest BCUT2D eigenvalue weighted by atomic mass is 10.2. The minimum Gasteiger partial charge on any atom is -0.497 e. The summed E-state index contributed by atoms with van der Waals surface area (Å²) in [5.74, 6) is 0.482. The van der Waals surface area contributed by atoms with Crippen molar-refractivity contribution in [3.8, 4) is 5.75 Å². The molecule has 0 saturated carbocycles. The highest BCUT2D eigenvalue weighted by Crippen LogP contribution is 2.30. The summed E-state index contributed by atoms with van der Waals surface area (Å²) in [7, 11) is 4.94. The van der Waals surface area contributed by atoms with E-state index in [9.17, 15) is 9.59 Å². The zero-order valence-corrected chi connectivity index (χ0v) is 15.8. The molecule has 138 valence electrons. The molecular weight excluding hydrogens is 366 g/mol. The first kappa shape index (κ1) is 17.2. The molecule has 9 heteroatoms. The van der Waals surface area contributed by atoms with Gasteiger partial charge in [-0.15, -0.1) is 11.3 Å². The number of carbonyl (C=O) groups excluding carboxylic acids is 1. The second-order valence-electron chi connectivity index (χ2n) is 6.03. The van der Waals surface area contributed by atoms with Crippen LogP contribution in [0.2, 0.25) is 0 Å². The maximum Gasteiger partial charge on any atom is 0.291 e. The average Bonchev–Trinajstić information content (AvgIpc) is 3.23. The molecule has 0 radical (unpaired) electrons. The van der Waals surface area contributed by atoms with Gasteiger partial charge in [0.15, 0.2) is 10.7 Å². The Kier molecular flexibility index (Phi) is 4.15. The molecule has 3 heterocycles. The number of nitrogens with zero attached hydrogens (tertiary/aromatic N) is 4. The Morgan fingerprint density at radius 1 is 1.37 bits per heavy atom. The number of fused-ring (bicyclic) bond motifs is 3. The van der Waals surface area contributed by atoms with Crippen molar-refractivity contribution in [2.45, 2.75) is 6.54 Å². The lowest BCUT2D eigenvalue weighted by Crippen LogP contribution is -2.24. The van der Waals surface area contributed by atoms with Gasteiger partial charge in [0, 0.05) is 19.5 Å². The van der Waals surface area contributed by atoms with Gasteiger partial charge in [-0.05, 0) is 17.7 Å². The summed E-state index contributed by atoms with van der Waals surface area (Å²) in [6.07, 6.45) is 1.66. The maximum atomic E-state index is 13.0. The van der Waals surface area contributed by atoms with Gasteiger partial charge in [-0.3, -0.25) is 9.59 Å². The minimum atomic E-state index is -0.247. The van der Waals surface area contributed by atoms with Gasteiger partial charge in [-0.25, -0.2) is 9.67 Å². The van der Waals surface area contributed by atoms with Crippen molar-refractivity contribution in [3.05, 3.63) is 51.4 Å². The number of thiazole rings is 1. The predicted molar refractivity (Wildman–Crippen MR) is 104 cm³/mol. The number of carbonyl (C=O) groups is 1. The van der Waals surface area contributed by atoms with Crippen LogP contribution in [0.5, 0.6) is 5.75 Å². The van der Waals surface area contributed by atoms with Gasteiger partial charge >= 0.3 is 0 Å². The Hall–Kier alpha value is -3.20. The van der Waals surface area contributed by atoms with Gasteiger partial charge < -0.3 is 14.6 Å². The van der Waals surface area contributed by atoms with Crippen LogP contribution in [0.1, 0.15) is 15.4 Å². The quantitative estimate of drug-likeness (QED) is 0.580. The molecule has 0 aliphatic heterocycles. The Balaban J connectivity index is 1.83. The van der Waals surface area contributed by atoms with E-state index < -0.39 is 0 Å². The molecule has 3 aromatic heterocycles. The Morgan fingerprint density at radius 2 is 2.19 bits per heavy atom. The van der Waals surface area contributed by atoms with Gasteiger partial charge in [0.2, 0.25) is 0 Å². The van der Waals surface area contributed by atoms with Crippen molar-refractivity contribution >= 4 is 38.5 Å². The minimum absolute atomic E-state index is 0.204. The second-order valence-corrected chi connectivity index (χ2v) is 7.03. The summed E-state index contributed by atoms with van der Waals surface area (Å²) in [5.41, 5.74) is 1.83. The summed E-state index contributed by atoms with van der Waals surface area (Å²) >= 11 is 1.26. The van der Waals surface area contributed by atoms with Crippen LogP contribution in [0, 0.1) is 0 Å². The first-order valence-electron chi connectivity index (χ1n) is 8.23. The standard InChI is InChI=1S/C18H17N5O3S/c1-19-16(24)17-21-15-14(27-17)12-8-20-23(18(25)13(12)22(15)2)9-10-5-4-6-11(7-10)26-3/h4-8H,9H2,1-3H3,(H,19,24). The van der Waals surface area contributed by atoms with Crippen LogP contribution >= 0.6 is 11.3 Å². The lowest BCUT2D eigenvalue weighted by Gasteiger charge is -2.07. The molecule has 1 amide bonds. The van der Waals surface area contributed by atoms with Gasteiger partial charge in [-0.1, -0.05) is 12.1 Å². The highest BCUT2D eigenvalue weighted by Gasteiger charge is 2.20. The summed E-state index contributed by atoms with van der Waals surface area (Å²) in [6, 6.07) is 7.52. The summed E-state index contributed by atoms with van der Waals surface area (Å²) in [6.45, 7) is 0.335. The summed E-state index contributed by atoms with van der Waals surface area (Å²) < 4.78 is 9.15. The first-order valence-corrected chi connectivity index (χ1v) is 9.05. The summed E-state index contributed by atoms with van der Waals surface area (Å²) in [4.78, 5) is 29.2. The molecule has 0 bridgehead atoms. The number of hydrogen-bond acceptors (Lipinski definition) is 6. The van der Waals surface area contributed by atoms with Crippen molar-refractivity contribution in [2.75, 3.05) is 14.2 Å². The number of benzene rings is 1. The fourth-order valence-corrected chi connectivity index (χ4v) is 4.10. The largest absolute Gasteiger partial charge is 0.497 e. The molecule has 0 fully saturated rings. The van der Waals surface area contributed by atoms with Gasteiger partial charge in [0.05, 0.1) is 24.6 Å². The topological polar surface area (TPSA) is 91.0 Å². The van der Waals surface area contributed by atoms with Gasteiger partial charge in [0.1, 0.15) is 11.3 Å². The molecule has 0 unspecified atom stereocenters. The average molecular weight is 383 g/mol. The third-order valence-electron chi connectivity index (χ3n) is 4.41. The van der Waals surface area contributed by atoms with Crippen LogP contribution < -0.4 is 15.6 Å². The third-order valence-corrected chi connectivity index (χ3v) is 5.49. The Morgan fingerprint density at radius 3 is 2.93 bits per heavy atom. The molecule has 0 aliphatic carbocycles. The van der Waals surface area contributed by atoms with Crippen LogP contribution in [-0.2, 0) is 13.6 Å². The molecular formula is C18H17N5O3S. The van der Waals surface area contributed by atoms with E-state index in [0.29, 0.717) is 28.1 Å². The SMILES string of the molecule is CNC(=O)c1nc2c(s1)c1cnn(Cc3cccc(OC)c3)c(=O)c1n2C. The molecule has 8 nitrogen and oxygen atoms in total. The van der Waals surface area contributed by atoms with Crippen molar-refractivity contribution in [3.63, 3.8) is 0 Å². The highest BCUT2D eigenvalue weighted by atomic mass is 32.1. The number of methoxy groups -OCH3 is 1. The van der Waals surface area contributed by atoms with Crippen molar-refractivity contribution < 1.29 is 9.53 Å². The van der Waals surface area contributed by atoms with E-state index >= 15 is 0 Å². The van der Waals surface area contributed by atoms with Crippen LogP contribution in [0.25, 0.3) is 21.3 Å². The monoisotopic (exact) mass is 383 g/mol. The Bertz CT molecular complexity index is 1240. The zero-order valence-electron chi connectivity index (χ0n) is 15.0. The van der Waals surface area contributed by atoms with Crippen molar-refractivity contribution in [1.29, 1.82) is 0 Å². The van der Waals surface area contributed by atoms with E-state index in [1.807, 2.05) is 24.3 Å². The second kappa shape index (κ2) is 6.51. The van der Waals surface area contributed by atoms with E-state index in [1.54, 1.807) is 32.0 Å². The molecule has 0 saturated heterocycles. The normalized spacial score (nSPS) is 11.2. The number of aromatic nitrogens is 4. The highest BCUT2D eigenvalue weighted by molar-refractivity contribution is 7.21. The fourth-order valence-electron chi connectivity index (χ4n) is 3.05. The zero-order chi connectivity index (χ0) is 19.1. The number of nitrogens with one attached hydrogen (secondary N) is 1. The number of aryl methyl sites for hydroxylation is 1. The molecule has 4 aromatic rings. The predicted octanol–water partition coefficient (Wildman–Crippen LogP) is 1.76. The molecule has 0 spiro atoms. The fraction of sp³-hybridized carbons (Fsp3) is 0.222. The van der Waals surface area contributed by atoms with E-state index in [2.05, 4.69) is 15.4 Å².